The highest BCUT2D eigenvalue weighted by Crippen LogP contribution is 2.27. The van der Waals surface area contributed by atoms with E-state index in [0.717, 1.165) is 42.7 Å². The second kappa shape index (κ2) is 7.38. The molecule has 1 aliphatic carbocycles. The first kappa shape index (κ1) is 16.5. The lowest BCUT2D eigenvalue weighted by Gasteiger charge is -2.28. The average Bonchev–Trinajstić information content (AvgIpc) is 2.48. The molecule has 0 aliphatic heterocycles. The molecule has 0 atom stereocenters. The van der Waals surface area contributed by atoms with Gasteiger partial charge in [-0.2, -0.15) is 0 Å². The van der Waals surface area contributed by atoms with E-state index in [-0.39, 0.29) is 11.8 Å². The molecule has 1 aromatic rings. The molecule has 21 heavy (non-hydrogen) atoms. The molecule has 1 saturated carbocycles. The van der Waals surface area contributed by atoms with Crippen LogP contribution in [0.4, 0.5) is 0 Å². The van der Waals surface area contributed by atoms with E-state index in [1.807, 2.05) is 24.3 Å². The maximum atomic E-state index is 12.2. The molecule has 1 aromatic carbocycles. The van der Waals surface area contributed by atoms with Crippen molar-refractivity contribution in [2.45, 2.75) is 57.4 Å². The van der Waals surface area contributed by atoms with E-state index in [0.29, 0.717) is 6.54 Å². The van der Waals surface area contributed by atoms with Gasteiger partial charge in [-0.3, -0.25) is 0 Å². The lowest BCUT2D eigenvalue weighted by Crippen LogP contribution is -2.38. The fourth-order valence-corrected chi connectivity index (χ4v) is 4.43. The third-order valence-electron chi connectivity index (χ3n) is 4.39. The molecule has 0 bridgehead atoms. The van der Waals surface area contributed by atoms with E-state index >= 15 is 0 Å². The number of hydrogen-bond donors (Lipinski definition) is 2. The molecule has 0 unspecified atom stereocenters. The van der Waals surface area contributed by atoms with Crippen LogP contribution in [0, 0.1) is 5.92 Å². The topological polar surface area (TPSA) is 72.2 Å². The average molecular weight is 310 g/mol. The van der Waals surface area contributed by atoms with E-state index in [2.05, 4.69) is 11.6 Å². The van der Waals surface area contributed by atoms with Crippen molar-refractivity contribution < 1.29 is 8.42 Å². The molecule has 1 fully saturated rings. The highest BCUT2D eigenvalue weighted by atomic mass is 32.2. The van der Waals surface area contributed by atoms with Crippen molar-refractivity contribution in [1.29, 1.82) is 0 Å². The van der Waals surface area contributed by atoms with Gasteiger partial charge in [-0.1, -0.05) is 37.6 Å². The third-order valence-corrected chi connectivity index (χ3v) is 5.79. The van der Waals surface area contributed by atoms with Crippen LogP contribution in [0.1, 0.15) is 50.2 Å². The van der Waals surface area contributed by atoms with Gasteiger partial charge in [-0.05, 0) is 42.7 Å². The van der Waals surface area contributed by atoms with Gasteiger partial charge in [0.2, 0.25) is 10.0 Å². The van der Waals surface area contributed by atoms with Crippen LogP contribution in [0.3, 0.4) is 0 Å². The van der Waals surface area contributed by atoms with Crippen LogP contribution in [0.25, 0.3) is 0 Å². The second-order valence-electron chi connectivity index (χ2n) is 6.02. The number of rotatable bonds is 6. The Labute approximate surface area is 128 Å². The molecule has 0 saturated heterocycles. The predicted octanol–water partition coefficient (Wildman–Crippen LogP) is 2.53. The largest absolute Gasteiger partial charge is 0.326 e. The Balaban J connectivity index is 1.89. The van der Waals surface area contributed by atoms with E-state index in [9.17, 15) is 8.42 Å². The minimum absolute atomic E-state index is 0.0472. The van der Waals surface area contributed by atoms with Crippen molar-refractivity contribution in [3.05, 3.63) is 35.4 Å². The Bertz CT molecular complexity index is 532. The highest BCUT2D eigenvalue weighted by molar-refractivity contribution is 7.88. The summed E-state index contributed by atoms with van der Waals surface area (Å²) in [5.41, 5.74) is 7.37. The minimum Gasteiger partial charge on any atom is -0.326 e. The van der Waals surface area contributed by atoms with Gasteiger partial charge in [0.15, 0.2) is 0 Å². The Morgan fingerprint density at radius 2 is 1.67 bits per heavy atom. The Kier molecular flexibility index (Phi) is 5.79. The summed E-state index contributed by atoms with van der Waals surface area (Å²) in [5, 5.41) is 0. The van der Waals surface area contributed by atoms with Gasteiger partial charge in [-0.25, -0.2) is 13.1 Å². The van der Waals surface area contributed by atoms with Gasteiger partial charge in [0.1, 0.15) is 0 Å². The summed E-state index contributed by atoms with van der Waals surface area (Å²) in [6, 6.07) is 7.57. The van der Waals surface area contributed by atoms with Gasteiger partial charge < -0.3 is 5.73 Å². The van der Waals surface area contributed by atoms with Gasteiger partial charge >= 0.3 is 0 Å². The van der Waals surface area contributed by atoms with E-state index < -0.39 is 10.0 Å². The molecule has 0 spiro atoms. The first-order valence-electron chi connectivity index (χ1n) is 7.80. The summed E-state index contributed by atoms with van der Waals surface area (Å²) < 4.78 is 27.3. The SMILES string of the molecule is CCC1CCC(NS(=O)(=O)Cc2ccc(CN)cc2)CC1. The van der Waals surface area contributed by atoms with Crippen molar-refractivity contribution in [3.8, 4) is 0 Å². The van der Waals surface area contributed by atoms with Crippen molar-refractivity contribution in [1.82, 2.24) is 4.72 Å². The molecule has 4 nitrogen and oxygen atoms in total. The molecular weight excluding hydrogens is 284 g/mol. The van der Waals surface area contributed by atoms with Crippen LogP contribution in [0.5, 0.6) is 0 Å². The zero-order valence-electron chi connectivity index (χ0n) is 12.7. The summed E-state index contributed by atoms with van der Waals surface area (Å²) in [6.45, 7) is 2.69. The maximum Gasteiger partial charge on any atom is 0.216 e. The molecule has 2 rings (SSSR count). The fraction of sp³-hybridized carbons (Fsp3) is 0.625. The fourth-order valence-electron chi connectivity index (χ4n) is 2.98. The molecular formula is C16H26N2O2S. The first-order valence-corrected chi connectivity index (χ1v) is 9.45. The summed E-state index contributed by atoms with van der Waals surface area (Å²) in [6.07, 6.45) is 5.39. The van der Waals surface area contributed by atoms with Crippen LogP contribution in [-0.2, 0) is 22.3 Å². The number of hydrogen-bond acceptors (Lipinski definition) is 3. The zero-order chi connectivity index (χ0) is 15.3. The van der Waals surface area contributed by atoms with Crippen molar-refractivity contribution in [2.24, 2.45) is 11.7 Å². The molecule has 0 amide bonds. The normalized spacial score (nSPS) is 23.1. The number of benzene rings is 1. The Morgan fingerprint density at radius 1 is 1.10 bits per heavy atom. The monoisotopic (exact) mass is 310 g/mol. The zero-order valence-corrected chi connectivity index (χ0v) is 13.5. The third kappa shape index (κ3) is 5.09. The molecule has 1 aliphatic rings. The number of sulfonamides is 1. The van der Waals surface area contributed by atoms with Gasteiger partial charge in [0.25, 0.3) is 0 Å². The molecule has 118 valence electrons. The Morgan fingerprint density at radius 3 is 2.19 bits per heavy atom. The summed E-state index contributed by atoms with van der Waals surface area (Å²) >= 11 is 0. The predicted molar refractivity (Wildman–Crippen MR) is 86.1 cm³/mol. The molecule has 5 heteroatoms. The van der Waals surface area contributed by atoms with E-state index in [1.54, 1.807) is 0 Å². The van der Waals surface area contributed by atoms with Crippen molar-refractivity contribution in [3.63, 3.8) is 0 Å². The van der Waals surface area contributed by atoms with E-state index in [1.165, 1.54) is 6.42 Å². The molecule has 0 radical (unpaired) electrons. The molecule has 0 aromatic heterocycles. The summed E-state index contributed by atoms with van der Waals surface area (Å²) in [7, 11) is -3.26. The number of nitrogens with two attached hydrogens (primary N) is 1. The van der Waals surface area contributed by atoms with Crippen molar-refractivity contribution >= 4 is 10.0 Å². The maximum absolute atomic E-state index is 12.2. The Hall–Kier alpha value is -0.910. The second-order valence-corrected chi connectivity index (χ2v) is 7.78. The quantitative estimate of drug-likeness (QED) is 0.848. The summed E-state index contributed by atoms with van der Waals surface area (Å²) in [5.74, 6) is 0.820. The van der Waals surface area contributed by atoms with Crippen molar-refractivity contribution in [2.75, 3.05) is 0 Å². The highest BCUT2D eigenvalue weighted by Gasteiger charge is 2.24. The summed E-state index contributed by atoms with van der Waals surface area (Å²) in [4.78, 5) is 0. The standard InChI is InChI=1S/C16H26N2O2S/c1-2-13-7-9-16(10-8-13)18-21(19,20)12-15-5-3-14(11-17)4-6-15/h3-6,13,16,18H,2,7-12,17H2,1H3. The number of nitrogens with one attached hydrogen (secondary N) is 1. The van der Waals surface area contributed by atoms with Gasteiger partial charge in [0.05, 0.1) is 5.75 Å². The smallest absolute Gasteiger partial charge is 0.216 e. The van der Waals surface area contributed by atoms with E-state index in [4.69, 9.17) is 5.73 Å². The van der Waals surface area contributed by atoms with Gasteiger partial charge in [-0.15, -0.1) is 0 Å². The molecule has 0 heterocycles. The minimum atomic E-state index is -3.26. The molecule has 3 N–H and O–H groups in total. The first-order chi connectivity index (χ1) is 10.0. The lowest BCUT2D eigenvalue weighted by molar-refractivity contribution is 0.306. The van der Waals surface area contributed by atoms with Crippen LogP contribution in [0.15, 0.2) is 24.3 Å². The van der Waals surface area contributed by atoms with Crippen LogP contribution in [0.2, 0.25) is 0 Å². The van der Waals surface area contributed by atoms with Gasteiger partial charge in [0, 0.05) is 12.6 Å². The lowest BCUT2D eigenvalue weighted by atomic mass is 9.85. The van der Waals surface area contributed by atoms with Crippen LogP contribution in [-0.4, -0.2) is 14.5 Å². The van der Waals surface area contributed by atoms with Crippen LogP contribution < -0.4 is 10.5 Å². The van der Waals surface area contributed by atoms with Crippen LogP contribution >= 0.6 is 0 Å².